The Morgan fingerprint density at radius 3 is 2.55 bits per heavy atom. The molecule has 0 bridgehead atoms. The highest BCUT2D eigenvalue weighted by molar-refractivity contribution is 7.89. The van der Waals surface area contributed by atoms with Gasteiger partial charge in [0.05, 0.1) is 29.8 Å². The quantitative estimate of drug-likeness (QED) is 0.420. The van der Waals surface area contributed by atoms with Crippen molar-refractivity contribution in [3.63, 3.8) is 0 Å². The SMILES string of the molecule is COc1ccccc1NC(=O)Cc1nc(COC(=O)CNS(=O)(=O)c2ccc(C)cc2)cs1. The molecule has 0 aliphatic heterocycles. The molecule has 1 amide bonds. The van der Waals surface area contributed by atoms with E-state index in [1.807, 2.05) is 6.92 Å². The van der Waals surface area contributed by atoms with E-state index in [1.165, 1.54) is 30.6 Å². The topological polar surface area (TPSA) is 124 Å². The number of hydrogen-bond acceptors (Lipinski definition) is 8. The van der Waals surface area contributed by atoms with Crippen molar-refractivity contribution in [2.45, 2.75) is 24.8 Å². The first-order valence-electron chi connectivity index (χ1n) is 9.85. The van der Waals surface area contributed by atoms with Gasteiger partial charge in [-0.3, -0.25) is 9.59 Å². The predicted octanol–water partition coefficient (Wildman–Crippen LogP) is 2.66. The highest BCUT2D eigenvalue weighted by atomic mass is 32.2. The summed E-state index contributed by atoms with van der Waals surface area (Å²) in [5.74, 6) is -0.451. The molecule has 0 saturated carbocycles. The number of aromatic nitrogens is 1. The molecule has 0 radical (unpaired) electrons. The number of sulfonamides is 1. The van der Waals surface area contributed by atoms with Gasteiger partial charge in [-0.2, -0.15) is 4.72 Å². The highest BCUT2D eigenvalue weighted by Crippen LogP contribution is 2.23. The summed E-state index contributed by atoms with van der Waals surface area (Å²) in [6, 6.07) is 13.3. The monoisotopic (exact) mass is 489 g/mol. The van der Waals surface area contributed by atoms with Crippen molar-refractivity contribution in [3.8, 4) is 5.75 Å². The number of benzene rings is 2. The molecule has 11 heteroatoms. The molecule has 9 nitrogen and oxygen atoms in total. The summed E-state index contributed by atoms with van der Waals surface area (Å²) in [6.45, 7) is 1.21. The Morgan fingerprint density at radius 2 is 1.82 bits per heavy atom. The maximum absolute atomic E-state index is 12.3. The first-order chi connectivity index (χ1) is 15.8. The summed E-state index contributed by atoms with van der Waals surface area (Å²) in [7, 11) is -2.29. The van der Waals surface area contributed by atoms with E-state index < -0.39 is 22.5 Å². The van der Waals surface area contributed by atoms with Gasteiger partial charge in [0.1, 0.15) is 23.9 Å². The van der Waals surface area contributed by atoms with Gasteiger partial charge < -0.3 is 14.8 Å². The zero-order chi connectivity index (χ0) is 23.8. The van der Waals surface area contributed by atoms with E-state index in [2.05, 4.69) is 15.0 Å². The average Bonchev–Trinajstić information content (AvgIpc) is 3.24. The fraction of sp³-hybridized carbons (Fsp3) is 0.227. The van der Waals surface area contributed by atoms with E-state index in [-0.39, 0.29) is 23.8 Å². The van der Waals surface area contributed by atoms with E-state index in [4.69, 9.17) is 9.47 Å². The van der Waals surface area contributed by atoms with Gasteiger partial charge in [-0.1, -0.05) is 29.8 Å². The molecule has 33 heavy (non-hydrogen) atoms. The Balaban J connectivity index is 1.46. The molecule has 0 unspecified atom stereocenters. The maximum atomic E-state index is 12.3. The van der Waals surface area contributed by atoms with Crippen LogP contribution in [0.2, 0.25) is 0 Å². The van der Waals surface area contributed by atoms with Crippen LogP contribution in [0.3, 0.4) is 0 Å². The molecule has 0 fully saturated rings. The number of thiazole rings is 1. The summed E-state index contributed by atoms with van der Waals surface area (Å²) in [6.07, 6.45) is 0.0486. The third-order valence-corrected chi connectivity index (χ3v) is 6.73. The van der Waals surface area contributed by atoms with Crippen molar-refractivity contribution in [2.75, 3.05) is 19.0 Å². The molecule has 1 aromatic heterocycles. The van der Waals surface area contributed by atoms with Crippen LogP contribution in [0, 0.1) is 6.92 Å². The number of aryl methyl sites for hydroxylation is 1. The lowest BCUT2D eigenvalue weighted by Gasteiger charge is -2.09. The number of nitrogens with one attached hydrogen (secondary N) is 2. The third kappa shape index (κ3) is 7.11. The lowest BCUT2D eigenvalue weighted by atomic mass is 10.2. The molecule has 2 N–H and O–H groups in total. The molecule has 0 atom stereocenters. The van der Waals surface area contributed by atoms with Gasteiger partial charge in [-0.25, -0.2) is 13.4 Å². The van der Waals surface area contributed by atoms with Crippen molar-refractivity contribution in [3.05, 3.63) is 70.2 Å². The second kappa shape index (κ2) is 11.0. The van der Waals surface area contributed by atoms with Crippen LogP contribution in [0.1, 0.15) is 16.3 Å². The summed E-state index contributed by atoms with van der Waals surface area (Å²) in [5, 5.41) is 4.99. The molecule has 174 valence electrons. The summed E-state index contributed by atoms with van der Waals surface area (Å²) in [4.78, 5) is 28.6. The lowest BCUT2D eigenvalue weighted by Crippen LogP contribution is -2.30. The normalized spacial score (nSPS) is 11.1. The van der Waals surface area contributed by atoms with Crippen LogP contribution >= 0.6 is 11.3 Å². The first-order valence-corrected chi connectivity index (χ1v) is 12.2. The number of methoxy groups -OCH3 is 1. The zero-order valence-electron chi connectivity index (χ0n) is 18.0. The molecule has 3 rings (SSSR count). The maximum Gasteiger partial charge on any atom is 0.321 e. The summed E-state index contributed by atoms with van der Waals surface area (Å²) < 4.78 is 37.0. The molecule has 2 aromatic carbocycles. The Labute approximate surface area is 195 Å². The van der Waals surface area contributed by atoms with Crippen LogP contribution in [-0.2, 0) is 37.4 Å². The largest absolute Gasteiger partial charge is 0.495 e. The smallest absolute Gasteiger partial charge is 0.321 e. The molecule has 3 aromatic rings. The van der Waals surface area contributed by atoms with Crippen molar-refractivity contribution in [1.29, 1.82) is 0 Å². The Hall–Kier alpha value is -3.28. The standard InChI is InChI=1S/C22H23N3O6S2/c1-15-7-9-17(10-8-15)33(28,29)23-12-22(27)31-13-16-14-32-21(24-16)11-20(26)25-18-5-3-4-6-19(18)30-2/h3-10,14,23H,11-13H2,1-2H3,(H,25,26). The van der Waals surface area contributed by atoms with Crippen LogP contribution in [0.4, 0.5) is 5.69 Å². The highest BCUT2D eigenvalue weighted by Gasteiger charge is 2.16. The molecular formula is C22H23N3O6S2. The van der Waals surface area contributed by atoms with E-state index in [0.29, 0.717) is 22.1 Å². The summed E-state index contributed by atoms with van der Waals surface area (Å²) in [5.41, 5.74) is 1.95. The van der Waals surface area contributed by atoms with E-state index in [0.717, 1.165) is 5.56 Å². The van der Waals surface area contributed by atoms with Crippen molar-refractivity contribution in [2.24, 2.45) is 0 Å². The number of anilines is 1. The molecule has 0 aliphatic carbocycles. The average molecular weight is 490 g/mol. The molecular weight excluding hydrogens is 466 g/mol. The lowest BCUT2D eigenvalue weighted by molar-refractivity contribution is -0.143. The number of para-hydroxylation sites is 2. The second-order valence-corrected chi connectivity index (χ2v) is 9.67. The van der Waals surface area contributed by atoms with Gasteiger partial charge in [-0.15, -0.1) is 11.3 Å². The van der Waals surface area contributed by atoms with Crippen LogP contribution in [0.15, 0.2) is 58.8 Å². The van der Waals surface area contributed by atoms with Gasteiger partial charge in [0, 0.05) is 5.38 Å². The van der Waals surface area contributed by atoms with Crippen LogP contribution in [0.25, 0.3) is 0 Å². The van der Waals surface area contributed by atoms with Crippen molar-refractivity contribution in [1.82, 2.24) is 9.71 Å². The number of carbonyl (C=O) groups excluding carboxylic acids is 2. The zero-order valence-corrected chi connectivity index (χ0v) is 19.7. The number of nitrogens with zero attached hydrogens (tertiary/aromatic N) is 1. The minimum atomic E-state index is -3.81. The number of rotatable bonds is 10. The minimum Gasteiger partial charge on any atom is -0.495 e. The first kappa shape index (κ1) is 24.4. The van der Waals surface area contributed by atoms with Gasteiger partial charge >= 0.3 is 5.97 Å². The fourth-order valence-corrected chi connectivity index (χ4v) is 4.48. The molecule has 0 saturated heterocycles. The molecule has 0 spiro atoms. The Morgan fingerprint density at radius 1 is 1.09 bits per heavy atom. The third-order valence-electron chi connectivity index (χ3n) is 4.41. The van der Waals surface area contributed by atoms with Gasteiger partial charge in [0.25, 0.3) is 0 Å². The minimum absolute atomic E-state index is 0.0486. The van der Waals surface area contributed by atoms with Gasteiger partial charge in [-0.05, 0) is 31.2 Å². The van der Waals surface area contributed by atoms with Crippen LogP contribution < -0.4 is 14.8 Å². The number of esters is 1. The van der Waals surface area contributed by atoms with Gasteiger partial charge in [0.2, 0.25) is 15.9 Å². The van der Waals surface area contributed by atoms with Crippen molar-refractivity contribution < 1.29 is 27.5 Å². The van der Waals surface area contributed by atoms with E-state index >= 15 is 0 Å². The molecule has 0 aliphatic rings. The van der Waals surface area contributed by atoms with Crippen LogP contribution in [-0.4, -0.2) is 38.9 Å². The van der Waals surface area contributed by atoms with Gasteiger partial charge in [0.15, 0.2) is 0 Å². The second-order valence-electron chi connectivity index (χ2n) is 6.96. The fourth-order valence-electron chi connectivity index (χ4n) is 2.74. The van der Waals surface area contributed by atoms with E-state index in [1.54, 1.807) is 41.8 Å². The number of amides is 1. The Kier molecular flexibility index (Phi) is 8.15. The number of carbonyl (C=O) groups is 2. The van der Waals surface area contributed by atoms with E-state index in [9.17, 15) is 18.0 Å². The number of hydrogen-bond donors (Lipinski definition) is 2. The van der Waals surface area contributed by atoms with Crippen molar-refractivity contribution >= 4 is 38.9 Å². The number of ether oxygens (including phenoxy) is 2. The van der Waals surface area contributed by atoms with Crippen LogP contribution in [0.5, 0.6) is 5.75 Å². The Bertz CT molecular complexity index is 1220. The summed E-state index contributed by atoms with van der Waals surface area (Å²) >= 11 is 1.26. The molecule has 1 heterocycles. The predicted molar refractivity (Wildman–Crippen MR) is 124 cm³/mol.